The van der Waals surface area contributed by atoms with Crippen LogP contribution in [0.2, 0.25) is 0 Å². The van der Waals surface area contributed by atoms with Gasteiger partial charge in [0, 0.05) is 37.6 Å². The van der Waals surface area contributed by atoms with Crippen LogP contribution in [0.15, 0.2) is 48.8 Å². The number of benzene rings is 1. The molecule has 0 bridgehead atoms. The number of carbonyl (C=O) groups is 1. The number of hydroxylamine groups is 2. The van der Waals surface area contributed by atoms with E-state index in [9.17, 15) is 18.0 Å². The molecule has 1 fully saturated rings. The average molecular weight is 549 g/mol. The van der Waals surface area contributed by atoms with Gasteiger partial charge in [-0.05, 0) is 68.1 Å². The van der Waals surface area contributed by atoms with Gasteiger partial charge in [0.2, 0.25) is 0 Å². The topological polar surface area (TPSA) is 94.4 Å². The van der Waals surface area contributed by atoms with Gasteiger partial charge in [0.1, 0.15) is 12.2 Å². The fourth-order valence-electron chi connectivity index (χ4n) is 4.76. The number of amides is 2. The number of aromatic nitrogens is 2. The third-order valence-corrected chi connectivity index (χ3v) is 6.81. The second-order valence-electron chi connectivity index (χ2n) is 9.83. The van der Waals surface area contributed by atoms with E-state index in [1.165, 1.54) is 0 Å². The first-order valence-corrected chi connectivity index (χ1v) is 13.1. The normalized spacial score (nSPS) is 15.2. The van der Waals surface area contributed by atoms with E-state index in [1.807, 2.05) is 40.9 Å². The number of likely N-dealkylation sites (tertiary alicyclic amines) is 1. The fraction of sp³-hybridized carbons (Fsp3) is 0.481. The predicted molar refractivity (Wildman–Crippen MR) is 142 cm³/mol. The van der Waals surface area contributed by atoms with Gasteiger partial charge >= 0.3 is 12.2 Å². The zero-order valence-electron chi connectivity index (χ0n) is 22.0. The van der Waals surface area contributed by atoms with Crippen LogP contribution in [0.4, 0.5) is 23.7 Å². The van der Waals surface area contributed by atoms with Gasteiger partial charge < -0.3 is 20.6 Å². The van der Waals surface area contributed by atoms with E-state index < -0.39 is 18.8 Å². The van der Waals surface area contributed by atoms with Crippen LogP contribution in [0, 0.1) is 5.92 Å². The van der Waals surface area contributed by atoms with Gasteiger partial charge in [-0.25, -0.2) is 9.78 Å². The molecule has 4 rings (SSSR count). The number of halogens is 3. The highest BCUT2D eigenvalue weighted by Crippen LogP contribution is 2.25. The number of carbonyl (C=O) groups excluding carboxylic acids is 1. The minimum absolute atomic E-state index is 0.214. The zero-order valence-corrected chi connectivity index (χ0v) is 22.0. The summed E-state index contributed by atoms with van der Waals surface area (Å²) >= 11 is 0. The van der Waals surface area contributed by atoms with Gasteiger partial charge in [-0.3, -0.25) is 9.24 Å². The van der Waals surface area contributed by atoms with Crippen molar-refractivity contribution in [3.8, 4) is 11.3 Å². The van der Waals surface area contributed by atoms with Crippen molar-refractivity contribution in [2.45, 2.75) is 32.0 Å². The molecular weight excluding hydrogens is 513 g/mol. The number of nitrogens with zero attached hydrogens (tertiary/aromatic N) is 4. The van der Waals surface area contributed by atoms with E-state index in [2.05, 4.69) is 15.2 Å². The van der Waals surface area contributed by atoms with Crippen LogP contribution in [0.5, 0.6) is 0 Å². The molecular formula is C27H35F3N6O3. The fourth-order valence-corrected chi connectivity index (χ4v) is 4.76. The van der Waals surface area contributed by atoms with E-state index in [0.29, 0.717) is 24.8 Å². The van der Waals surface area contributed by atoms with Gasteiger partial charge in [-0.2, -0.15) is 18.2 Å². The molecule has 12 heteroatoms. The smallest absolute Gasteiger partial charge is 0.395 e. The lowest BCUT2D eigenvalue weighted by Crippen LogP contribution is -2.36. The molecule has 0 aliphatic carbocycles. The first-order chi connectivity index (χ1) is 18.7. The number of imidazole rings is 1. The van der Waals surface area contributed by atoms with Gasteiger partial charge in [0.05, 0.1) is 25.1 Å². The summed E-state index contributed by atoms with van der Waals surface area (Å²) in [4.78, 5) is 24.6. The number of anilines is 1. The molecule has 0 spiro atoms. The molecule has 0 saturated carbocycles. The number of pyridine rings is 1. The van der Waals surface area contributed by atoms with E-state index in [4.69, 9.17) is 9.94 Å². The summed E-state index contributed by atoms with van der Waals surface area (Å²) in [5, 5.41) is 15.1. The lowest BCUT2D eigenvalue weighted by atomic mass is 9.94. The van der Waals surface area contributed by atoms with Crippen molar-refractivity contribution in [1.29, 1.82) is 0 Å². The molecule has 1 aliphatic rings. The molecule has 39 heavy (non-hydrogen) atoms. The standard InChI is InChI=1S/C27H35F3N6O3/c1-34(39-14-8-20-5-9-35(10-6-20)12-13-37)18-21-7-11-36-24(17-31-25(36)15-21)22-3-2-4-23(16-22)33-26(38)32-19-27(28,29)30/h2-4,7,11,15-17,20,37H,5-6,8-10,12-14,18-19H2,1H3,(H2,32,33,38). The van der Waals surface area contributed by atoms with Crippen molar-refractivity contribution in [1.82, 2.24) is 24.7 Å². The molecule has 212 valence electrons. The number of β-amino-alcohol motifs (C(OH)–C–C–N with tert-alkyl or cyclic N) is 1. The van der Waals surface area contributed by atoms with Crippen molar-refractivity contribution in [3.05, 3.63) is 54.4 Å². The minimum atomic E-state index is -4.48. The van der Waals surface area contributed by atoms with E-state index in [-0.39, 0.29) is 6.61 Å². The van der Waals surface area contributed by atoms with Crippen molar-refractivity contribution >= 4 is 17.4 Å². The molecule has 0 radical (unpaired) electrons. The number of aliphatic hydroxyl groups is 1. The largest absolute Gasteiger partial charge is 0.405 e. The Hall–Kier alpha value is -3.19. The Morgan fingerprint density at radius 1 is 1.23 bits per heavy atom. The van der Waals surface area contributed by atoms with Crippen LogP contribution >= 0.6 is 0 Å². The highest BCUT2D eigenvalue weighted by molar-refractivity contribution is 5.90. The third-order valence-electron chi connectivity index (χ3n) is 6.81. The van der Waals surface area contributed by atoms with Gasteiger partial charge in [0.25, 0.3) is 0 Å². The summed E-state index contributed by atoms with van der Waals surface area (Å²) in [6, 6.07) is 9.88. The van der Waals surface area contributed by atoms with Crippen molar-refractivity contribution in [2.24, 2.45) is 5.92 Å². The highest BCUT2D eigenvalue weighted by Gasteiger charge is 2.27. The summed E-state index contributed by atoms with van der Waals surface area (Å²) in [7, 11) is 1.91. The van der Waals surface area contributed by atoms with Crippen molar-refractivity contribution in [2.75, 3.05) is 51.8 Å². The molecule has 1 aliphatic heterocycles. The number of rotatable bonds is 11. The number of nitrogens with one attached hydrogen (secondary N) is 2. The van der Waals surface area contributed by atoms with Gasteiger partial charge in [-0.1, -0.05) is 12.1 Å². The van der Waals surface area contributed by atoms with E-state index in [0.717, 1.165) is 61.4 Å². The highest BCUT2D eigenvalue weighted by atomic mass is 19.4. The van der Waals surface area contributed by atoms with Crippen molar-refractivity contribution in [3.63, 3.8) is 0 Å². The Morgan fingerprint density at radius 2 is 2.03 bits per heavy atom. The number of fused-ring (bicyclic) bond motifs is 1. The monoisotopic (exact) mass is 548 g/mol. The lowest BCUT2D eigenvalue weighted by molar-refractivity contribution is -0.150. The number of hydrogen-bond donors (Lipinski definition) is 3. The molecule has 2 amide bonds. The molecule has 9 nitrogen and oxygen atoms in total. The van der Waals surface area contributed by atoms with Gasteiger partial charge in [0.15, 0.2) is 0 Å². The molecule has 3 heterocycles. The Bertz CT molecular complexity index is 1230. The molecule has 3 N–H and O–H groups in total. The summed E-state index contributed by atoms with van der Waals surface area (Å²) in [6.45, 7) is 2.89. The lowest BCUT2D eigenvalue weighted by Gasteiger charge is -2.31. The van der Waals surface area contributed by atoms with Crippen LogP contribution < -0.4 is 10.6 Å². The zero-order chi connectivity index (χ0) is 27.8. The Balaban J connectivity index is 1.29. The van der Waals surface area contributed by atoms with Crippen LogP contribution in [-0.2, 0) is 11.4 Å². The molecule has 1 saturated heterocycles. The quantitative estimate of drug-likeness (QED) is 0.312. The second-order valence-corrected chi connectivity index (χ2v) is 9.83. The molecule has 0 atom stereocenters. The second kappa shape index (κ2) is 13.2. The maximum Gasteiger partial charge on any atom is 0.405 e. The predicted octanol–water partition coefficient (Wildman–Crippen LogP) is 4.14. The SMILES string of the molecule is CN(Cc1ccn2c(-c3cccc(NC(=O)NCC(F)(F)F)c3)cnc2c1)OCCC1CCN(CCO)CC1. The average Bonchev–Trinajstić information content (AvgIpc) is 3.32. The summed E-state index contributed by atoms with van der Waals surface area (Å²) in [6.07, 6.45) is 2.43. The first-order valence-electron chi connectivity index (χ1n) is 13.1. The molecule has 2 aromatic heterocycles. The Labute approximate surface area is 225 Å². The summed E-state index contributed by atoms with van der Waals surface area (Å²) < 4.78 is 38.9. The molecule has 0 unspecified atom stereocenters. The summed E-state index contributed by atoms with van der Waals surface area (Å²) in [5.41, 5.74) is 3.69. The van der Waals surface area contributed by atoms with E-state index >= 15 is 0 Å². The number of aliphatic hydroxyl groups excluding tert-OH is 1. The molecule has 1 aromatic carbocycles. The third kappa shape index (κ3) is 8.65. The number of hydrogen-bond acceptors (Lipinski definition) is 6. The van der Waals surface area contributed by atoms with Crippen LogP contribution in [0.1, 0.15) is 24.8 Å². The Kier molecular flexibility index (Phi) is 9.78. The first kappa shape index (κ1) is 28.8. The van der Waals surface area contributed by atoms with Crippen LogP contribution in [0.25, 0.3) is 16.9 Å². The maximum atomic E-state index is 12.3. The van der Waals surface area contributed by atoms with Crippen LogP contribution in [0.3, 0.4) is 0 Å². The van der Waals surface area contributed by atoms with E-state index in [1.54, 1.807) is 29.7 Å². The summed E-state index contributed by atoms with van der Waals surface area (Å²) in [5.74, 6) is 0.649. The number of alkyl halides is 3. The number of piperidine rings is 1. The minimum Gasteiger partial charge on any atom is -0.395 e. The van der Waals surface area contributed by atoms with Gasteiger partial charge in [-0.15, -0.1) is 0 Å². The maximum absolute atomic E-state index is 12.3. The van der Waals surface area contributed by atoms with Crippen LogP contribution in [-0.4, -0.2) is 83.1 Å². The number of urea groups is 1. The molecule has 3 aromatic rings. The van der Waals surface area contributed by atoms with Crippen molar-refractivity contribution < 1.29 is 27.9 Å². The Morgan fingerprint density at radius 3 is 2.77 bits per heavy atom.